The summed E-state index contributed by atoms with van der Waals surface area (Å²) < 4.78 is 0. The molecule has 84 valence electrons. The van der Waals surface area contributed by atoms with Crippen LogP contribution in [0.1, 0.15) is 10.5 Å². The van der Waals surface area contributed by atoms with Gasteiger partial charge in [0, 0.05) is 12.4 Å². The summed E-state index contributed by atoms with van der Waals surface area (Å²) in [6.45, 7) is 0. The highest BCUT2D eigenvalue weighted by molar-refractivity contribution is 5.92. The molecular formula is C10H8N6O. The Hall–Kier alpha value is -2.70. The Morgan fingerprint density at radius 3 is 2.76 bits per heavy atom. The van der Waals surface area contributed by atoms with Gasteiger partial charge in [-0.05, 0) is 12.1 Å². The average molecular weight is 228 g/mol. The summed E-state index contributed by atoms with van der Waals surface area (Å²) in [5.74, 6) is -0.545. The maximum absolute atomic E-state index is 10.9. The molecule has 3 rings (SSSR count). The molecule has 0 spiro atoms. The van der Waals surface area contributed by atoms with Crippen LogP contribution < -0.4 is 5.73 Å². The molecular weight excluding hydrogens is 220 g/mol. The number of nitrogens with two attached hydrogens (primary N) is 1. The number of nitrogens with one attached hydrogen (secondary N) is 2. The number of rotatable bonds is 2. The molecule has 0 saturated heterocycles. The third kappa shape index (κ3) is 1.53. The summed E-state index contributed by atoms with van der Waals surface area (Å²) in [6, 6.07) is 3.39. The molecule has 3 heterocycles. The molecule has 4 N–H and O–H groups in total. The summed E-state index contributed by atoms with van der Waals surface area (Å²) in [5.41, 5.74) is 8.14. The van der Waals surface area contributed by atoms with Crippen LogP contribution in [0.5, 0.6) is 0 Å². The van der Waals surface area contributed by atoms with E-state index in [1.54, 1.807) is 18.5 Å². The minimum absolute atomic E-state index is 0.263. The minimum atomic E-state index is -0.545. The fourth-order valence-corrected chi connectivity index (χ4v) is 1.57. The van der Waals surface area contributed by atoms with Crippen LogP contribution in [0, 0.1) is 0 Å². The van der Waals surface area contributed by atoms with Crippen molar-refractivity contribution in [2.24, 2.45) is 5.73 Å². The second-order valence-corrected chi connectivity index (χ2v) is 3.50. The fourth-order valence-electron chi connectivity index (χ4n) is 1.57. The number of carbonyl (C=O) groups is 1. The van der Waals surface area contributed by atoms with Crippen LogP contribution in [-0.2, 0) is 0 Å². The van der Waals surface area contributed by atoms with Crippen molar-refractivity contribution in [3.63, 3.8) is 0 Å². The molecule has 3 aromatic rings. The number of hydrogen-bond acceptors (Lipinski definition) is 4. The Balaban J connectivity index is 2.10. The van der Waals surface area contributed by atoms with E-state index in [1.165, 1.54) is 0 Å². The van der Waals surface area contributed by atoms with Gasteiger partial charge in [-0.1, -0.05) is 0 Å². The number of hydrogen-bond donors (Lipinski definition) is 3. The molecule has 7 heteroatoms. The van der Waals surface area contributed by atoms with Crippen molar-refractivity contribution in [1.29, 1.82) is 0 Å². The molecule has 0 radical (unpaired) electrons. The largest absolute Gasteiger partial charge is 0.364 e. The number of nitrogens with zero attached hydrogens (tertiary/aromatic N) is 3. The van der Waals surface area contributed by atoms with Crippen LogP contribution >= 0.6 is 0 Å². The van der Waals surface area contributed by atoms with Crippen molar-refractivity contribution in [1.82, 2.24) is 25.1 Å². The second-order valence-electron chi connectivity index (χ2n) is 3.50. The lowest BCUT2D eigenvalue weighted by Gasteiger charge is -1.86. The topological polar surface area (TPSA) is 113 Å². The summed E-state index contributed by atoms with van der Waals surface area (Å²) in [6.07, 6.45) is 3.21. The summed E-state index contributed by atoms with van der Waals surface area (Å²) in [5, 5.41) is 6.55. The predicted molar refractivity (Wildman–Crippen MR) is 60.0 cm³/mol. The molecule has 0 fully saturated rings. The molecule has 0 aliphatic carbocycles. The van der Waals surface area contributed by atoms with E-state index in [0.29, 0.717) is 11.3 Å². The smallest absolute Gasteiger partial charge is 0.266 e. The number of aromatic nitrogens is 5. The number of amides is 1. The number of carbonyl (C=O) groups excluding carboxylic acids is 1. The van der Waals surface area contributed by atoms with E-state index in [-0.39, 0.29) is 5.69 Å². The highest BCUT2D eigenvalue weighted by atomic mass is 16.1. The van der Waals surface area contributed by atoms with Crippen LogP contribution in [0.2, 0.25) is 0 Å². The highest BCUT2D eigenvalue weighted by Crippen LogP contribution is 2.20. The molecule has 3 aromatic heterocycles. The molecule has 0 unspecified atom stereocenters. The summed E-state index contributed by atoms with van der Waals surface area (Å²) >= 11 is 0. The molecule has 17 heavy (non-hydrogen) atoms. The van der Waals surface area contributed by atoms with Gasteiger partial charge < -0.3 is 10.7 Å². The zero-order chi connectivity index (χ0) is 11.8. The van der Waals surface area contributed by atoms with Crippen LogP contribution in [0.25, 0.3) is 22.6 Å². The normalized spacial score (nSPS) is 10.8. The third-order valence-corrected chi connectivity index (χ3v) is 2.38. The van der Waals surface area contributed by atoms with E-state index in [0.717, 1.165) is 11.2 Å². The van der Waals surface area contributed by atoms with E-state index >= 15 is 0 Å². The quantitative estimate of drug-likeness (QED) is 0.590. The monoisotopic (exact) mass is 228 g/mol. The van der Waals surface area contributed by atoms with Gasteiger partial charge in [0.25, 0.3) is 5.91 Å². The lowest BCUT2D eigenvalue weighted by molar-refractivity contribution is 0.0995. The number of fused-ring (bicyclic) bond motifs is 1. The first-order valence-corrected chi connectivity index (χ1v) is 4.89. The first kappa shape index (κ1) is 9.52. The molecule has 7 nitrogen and oxygen atoms in total. The Bertz CT molecular complexity index is 664. The number of primary amides is 1. The van der Waals surface area contributed by atoms with E-state index in [1.807, 2.05) is 6.07 Å². The lowest BCUT2D eigenvalue weighted by atomic mass is 10.3. The van der Waals surface area contributed by atoms with Gasteiger partial charge >= 0.3 is 0 Å². The van der Waals surface area contributed by atoms with Gasteiger partial charge in [0.2, 0.25) is 0 Å². The maximum atomic E-state index is 10.9. The van der Waals surface area contributed by atoms with Crippen molar-refractivity contribution >= 4 is 17.1 Å². The van der Waals surface area contributed by atoms with Crippen LogP contribution in [0.4, 0.5) is 0 Å². The van der Waals surface area contributed by atoms with Crippen LogP contribution in [0.3, 0.4) is 0 Å². The second kappa shape index (κ2) is 3.41. The van der Waals surface area contributed by atoms with Crippen molar-refractivity contribution in [3.8, 4) is 11.4 Å². The first-order valence-electron chi connectivity index (χ1n) is 4.89. The molecule has 0 saturated carbocycles. The van der Waals surface area contributed by atoms with Gasteiger partial charge in [-0.15, -0.1) is 0 Å². The Morgan fingerprint density at radius 2 is 2.06 bits per heavy atom. The van der Waals surface area contributed by atoms with E-state index in [4.69, 9.17) is 5.73 Å². The maximum Gasteiger partial charge on any atom is 0.266 e. The molecule has 0 aliphatic rings. The van der Waals surface area contributed by atoms with E-state index < -0.39 is 5.91 Å². The first-order chi connectivity index (χ1) is 8.24. The molecule has 0 aliphatic heterocycles. The number of H-pyrrole nitrogens is 2. The Labute approximate surface area is 95.1 Å². The standard InChI is InChI=1S/C10H8N6O/c11-9(17)7-4-6(15-16-7)5-3-8-10(14-5)13-2-1-12-8/h1-4H,(H2,11,17)(H,13,14)(H,15,16). The zero-order valence-corrected chi connectivity index (χ0v) is 8.64. The molecule has 0 atom stereocenters. The van der Waals surface area contributed by atoms with Crippen LogP contribution in [0.15, 0.2) is 24.5 Å². The number of aromatic amines is 2. The summed E-state index contributed by atoms with van der Waals surface area (Å²) in [7, 11) is 0. The lowest BCUT2D eigenvalue weighted by Crippen LogP contribution is -2.10. The predicted octanol–water partition coefficient (Wildman–Crippen LogP) is 0.447. The van der Waals surface area contributed by atoms with E-state index in [9.17, 15) is 4.79 Å². The van der Waals surface area contributed by atoms with Crippen LogP contribution in [-0.4, -0.2) is 31.1 Å². The van der Waals surface area contributed by atoms with Gasteiger partial charge in [-0.3, -0.25) is 14.9 Å². The Kier molecular flexibility index (Phi) is 1.91. The van der Waals surface area contributed by atoms with Gasteiger partial charge in [-0.2, -0.15) is 5.10 Å². The SMILES string of the molecule is NC(=O)c1cc(-c2cc3nccnc3[nH]2)n[nH]1. The minimum Gasteiger partial charge on any atom is -0.364 e. The van der Waals surface area contributed by atoms with Gasteiger partial charge in [0.15, 0.2) is 5.65 Å². The van der Waals surface area contributed by atoms with E-state index in [2.05, 4.69) is 25.1 Å². The van der Waals surface area contributed by atoms with Crippen molar-refractivity contribution in [3.05, 3.63) is 30.2 Å². The highest BCUT2D eigenvalue weighted by Gasteiger charge is 2.10. The summed E-state index contributed by atoms with van der Waals surface area (Å²) in [4.78, 5) is 22.3. The van der Waals surface area contributed by atoms with Gasteiger partial charge in [0.1, 0.15) is 16.9 Å². The fraction of sp³-hybridized carbons (Fsp3) is 0. The molecule has 1 amide bonds. The van der Waals surface area contributed by atoms with Crippen molar-refractivity contribution in [2.75, 3.05) is 0 Å². The van der Waals surface area contributed by atoms with Crippen molar-refractivity contribution < 1.29 is 4.79 Å². The van der Waals surface area contributed by atoms with Crippen molar-refractivity contribution in [2.45, 2.75) is 0 Å². The third-order valence-electron chi connectivity index (χ3n) is 2.38. The Morgan fingerprint density at radius 1 is 1.24 bits per heavy atom. The van der Waals surface area contributed by atoms with Gasteiger partial charge in [0.05, 0.1) is 5.69 Å². The molecule has 0 bridgehead atoms. The zero-order valence-electron chi connectivity index (χ0n) is 8.64. The average Bonchev–Trinajstić information content (AvgIpc) is 2.95. The molecule has 0 aromatic carbocycles. The van der Waals surface area contributed by atoms with Gasteiger partial charge in [-0.25, -0.2) is 4.98 Å².